The minimum absolute atomic E-state index is 0.587. The van der Waals surface area contributed by atoms with Crippen molar-refractivity contribution in [3.63, 3.8) is 0 Å². The molecular weight excluding hydrogens is 254 g/mol. The Hall–Kier alpha value is -1.32. The van der Waals surface area contributed by atoms with Gasteiger partial charge in [-0.1, -0.05) is 29.4 Å². The molecule has 0 saturated carbocycles. The highest BCUT2D eigenvalue weighted by molar-refractivity contribution is 7.99. The second-order valence-corrected chi connectivity index (χ2v) is 4.95. The van der Waals surface area contributed by atoms with Crippen molar-refractivity contribution in [2.75, 3.05) is 12.8 Å². The van der Waals surface area contributed by atoms with Gasteiger partial charge in [-0.15, -0.1) is 0 Å². The van der Waals surface area contributed by atoms with Gasteiger partial charge < -0.3 is 10.5 Å². The van der Waals surface area contributed by atoms with Gasteiger partial charge >= 0.3 is 0 Å². The molecule has 0 aliphatic carbocycles. The number of para-hydroxylation sites is 1. The molecule has 0 aliphatic heterocycles. The lowest BCUT2D eigenvalue weighted by molar-refractivity contribution is 0.414. The molecule has 2 aromatic carbocycles. The Morgan fingerprint density at radius 1 is 1.12 bits per heavy atom. The minimum atomic E-state index is 0.587. The fourth-order valence-corrected chi connectivity index (χ4v) is 2.50. The van der Waals surface area contributed by atoms with E-state index in [2.05, 4.69) is 0 Å². The summed E-state index contributed by atoms with van der Waals surface area (Å²) in [4.78, 5) is 2.06. The molecule has 0 aromatic heterocycles. The Bertz CT molecular complexity index is 513. The molecule has 0 radical (unpaired) electrons. The van der Waals surface area contributed by atoms with Crippen LogP contribution in [-0.4, -0.2) is 7.11 Å². The molecule has 2 aromatic rings. The molecule has 0 saturated heterocycles. The zero-order valence-corrected chi connectivity index (χ0v) is 10.9. The summed E-state index contributed by atoms with van der Waals surface area (Å²) >= 11 is 7.55. The van der Waals surface area contributed by atoms with Gasteiger partial charge in [-0.2, -0.15) is 0 Å². The van der Waals surface area contributed by atoms with Crippen LogP contribution in [0.4, 0.5) is 5.69 Å². The molecule has 0 heterocycles. The maximum Gasteiger partial charge on any atom is 0.118 e. The summed E-state index contributed by atoms with van der Waals surface area (Å²) in [5.41, 5.74) is 6.53. The summed E-state index contributed by atoms with van der Waals surface area (Å²) in [6, 6.07) is 13.5. The van der Waals surface area contributed by atoms with E-state index < -0.39 is 0 Å². The third-order valence-electron chi connectivity index (χ3n) is 2.30. The van der Waals surface area contributed by atoms with Gasteiger partial charge in [0.2, 0.25) is 0 Å². The van der Waals surface area contributed by atoms with Crippen LogP contribution < -0.4 is 10.5 Å². The van der Waals surface area contributed by atoms with Crippen LogP contribution in [0.1, 0.15) is 0 Å². The van der Waals surface area contributed by atoms with Crippen LogP contribution in [0.3, 0.4) is 0 Å². The van der Waals surface area contributed by atoms with Crippen LogP contribution in [0.15, 0.2) is 52.3 Å². The third-order valence-corrected chi connectivity index (χ3v) is 3.71. The molecule has 0 atom stereocenters. The zero-order chi connectivity index (χ0) is 12.3. The van der Waals surface area contributed by atoms with Crippen molar-refractivity contribution in [2.24, 2.45) is 0 Å². The van der Waals surface area contributed by atoms with Crippen molar-refractivity contribution in [1.82, 2.24) is 0 Å². The number of benzene rings is 2. The second-order valence-electron chi connectivity index (χ2n) is 3.43. The van der Waals surface area contributed by atoms with Crippen molar-refractivity contribution >= 4 is 29.1 Å². The summed E-state index contributed by atoms with van der Waals surface area (Å²) in [6.07, 6.45) is 0. The number of methoxy groups -OCH3 is 1. The average molecular weight is 266 g/mol. The highest BCUT2D eigenvalue weighted by Crippen LogP contribution is 2.35. The number of hydrogen-bond donors (Lipinski definition) is 1. The van der Waals surface area contributed by atoms with Gasteiger partial charge in [0.25, 0.3) is 0 Å². The number of anilines is 1. The van der Waals surface area contributed by atoms with E-state index >= 15 is 0 Å². The molecule has 17 heavy (non-hydrogen) atoms. The van der Waals surface area contributed by atoms with E-state index in [-0.39, 0.29) is 0 Å². The van der Waals surface area contributed by atoms with E-state index in [0.29, 0.717) is 10.7 Å². The summed E-state index contributed by atoms with van der Waals surface area (Å²) in [5.74, 6) is 0.841. The molecule has 0 aliphatic rings. The van der Waals surface area contributed by atoms with Crippen LogP contribution in [0.25, 0.3) is 0 Å². The number of nitrogen functional groups attached to an aromatic ring is 1. The lowest BCUT2D eigenvalue weighted by Crippen LogP contribution is -1.89. The topological polar surface area (TPSA) is 35.2 Å². The van der Waals surface area contributed by atoms with Gasteiger partial charge in [0, 0.05) is 9.79 Å². The van der Waals surface area contributed by atoms with E-state index in [9.17, 15) is 0 Å². The molecule has 4 heteroatoms. The van der Waals surface area contributed by atoms with Gasteiger partial charge in [0.15, 0.2) is 0 Å². The van der Waals surface area contributed by atoms with E-state index in [0.717, 1.165) is 15.5 Å². The van der Waals surface area contributed by atoms with Crippen LogP contribution in [0, 0.1) is 0 Å². The van der Waals surface area contributed by atoms with Crippen LogP contribution >= 0.6 is 23.4 Å². The summed E-state index contributed by atoms with van der Waals surface area (Å²) < 4.78 is 5.11. The van der Waals surface area contributed by atoms with Crippen molar-refractivity contribution < 1.29 is 4.74 Å². The number of nitrogens with two attached hydrogens (primary N) is 1. The van der Waals surface area contributed by atoms with Crippen molar-refractivity contribution in [3.05, 3.63) is 47.5 Å². The Morgan fingerprint density at radius 2 is 1.82 bits per heavy atom. The van der Waals surface area contributed by atoms with Crippen molar-refractivity contribution in [1.29, 1.82) is 0 Å². The fraction of sp³-hybridized carbons (Fsp3) is 0.0769. The van der Waals surface area contributed by atoms with Crippen LogP contribution in [-0.2, 0) is 0 Å². The first-order valence-electron chi connectivity index (χ1n) is 5.06. The first-order valence-corrected chi connectivity index (χ1v) is 6.26. The average Bonchev–Trinajstić information content (AvgIpc) is 2.36. The molecule has 0 spiro atoms. The Labute approximate surface area is 110 Å². The second kappa shape index (κ2) is 5.34. The van der Waals surface area contributed by atoms with Gasteiger partial charge in [-0.25, -0.2) is 0 Å². The maximum atomic E-state index is 5.97. The summed E-state index contributed by atoms with van der Waals surface area (Å²) in [7, 11) is 1.65. The highest BCUT2D eigenvalue weighted by atomic mass is 35.5. The first-order chi connectivity index (χ1) is 8.20. The molecular formula is C13H12ClNOS. The molecule has 0 bridgehead atoms. The Kier molecular flexibility index (Phi) is 3.82. The monoisotopic (exact) mass is 265 g/mol. The van der Waals surface area contributed by atoms with Crippen LogP contribution in [0.5, 0.6) is 5.75 Å². The van der Waals surface area contributed by atoms with Crippen molar-refractivity contribution in [2.45, 2.75) is 9.79 Å². The first kappa shape index (κ1) is 12.1. The summed E-state index contributed by atoms with van der Waals surface area (Å²) in [5, 5.41) is 0.587. The zero-order valence-electron chi connectivity index (χ0n) is 9.31. The van der Waals surface area contributed by atoms with Gasteiger partial charge in [0.1, 0.15) is 5.75 Å². The van der Waals surface area contributed by atoms with E-state index in [4.69, 9.17) is 22.1 Å². The van der Waals surface area contributed by atoms with E-state index in [1.54, 1.807) is 24.9 Å². The number of rotatable bonds is 3. The largest absolute Gasteiger partial charge is 0.497 e. The SMILES string of the molecule is COc1ccc(Sc2cccc(Cl)c2N)cc1. The van der Waals surface area contributed by atoms with Crippen LogP contribution in [0.2, 0.25) is 5.02 Å². The molecule has 0 amide bonds. The van der Waals surface area contributed by atoms with Gasteiger partial charge in [-0.05, 0) is 36.4 Å². The smallest absolute Gasteiger partial charge is 0.118 e. The number of halogens is 1. The standard InChI is InChI=1S/C13H12ClNOS/c1-16-9-5-7-10(8-6-9)17-12-4-2-3-11(14)13(12)15/h2-8H,15H2,1H3. The normalized spacial score (nSPS) is 10.2. The molecule has 2 rings (SSSR count). The molecule has 2 N–H and O–H groups in total. The predicted octanol–water partition coefficient (Wildman–Crippen LogP) is 4.08. The minimum Gasteiger partial charge on any atom is -0.497 e. The van der Waals surface area contributed by atoms with E-state index in [1.807, 2.05) is 36.4 Å². The van der Waals surface area contributed by atoms with Crippen molar-refractivity contribution in [3.8, 4) is 5.75 Å². The summed E-state index contributed by atoms with van der Waals surface area (Å²) in [6.45, 7) is 0. The van der Waals surface area contributed by atoms with E-state index in [1.165, 1.54) is 0 Å². The third kappa shape index (κ3) is 2.87. The highest BCUT2D eigenvalue weighted by Gasteiger charge is 2.04. The Balaban J connectivity index is 2.22. The predicted molar refractivity (Wildman–Crippen MR) is 73.0 cm³/mol. The lowest BCUT2D eigenvalue weighted by Gasteiger charge is -2.07. The maximum absolute atomic E-state index is 5.97. The van der Waals surface area contributed by atoms with Gasteiger partial charge in [0.05, 0.1) is 17.8 Å². The van der Waals surface area contributed by atoms with Gasteiger partial charge in [-0.3, -0.25) is 0 Å². The molecule has 2 nitrogen and oxygen atoms in total. The lowest BCUT2D eigenvalue weighted by atomic mass is 10.3. The molecule has 0 unspecified atom stereocenters. The number of hydrogen-bond acceptors (Lipinski definition) is 3. The number of ether oxygens (including phenoxy) is 1. The Morgan fingerprint density at radius 3 is 2.47 bits per heavy atom. The fourth-order valence-electron chi connectivity index (χ4n) is 1.38. The molecule has 88 valence electrons. The quantitative estimate of drug-likeness (QED) is 0.850. The molecule has 0 fully saturated rings.